The molecule has 10 nitrogen and oxygen atoms in total. The lowest BCUT2D eigenvalue weighted by Crippen LogP contribution is -2.75. The van der Waals surface area contributed by atoms with Gasteiger partial charge < -0.3 is 19.5 Å². The zero-order valence-corrected chi connectivity index (χ0v) is 25.3. The Kier molecular flexibility index (Phi) is 9.89. The van der Waals surface area contributed by atoms with Gasteiger partial charge in [0.1, 0.15) is 29.5 Å². The van der Waals surface area contributed by atoms with Crippen molar-refractivity contribution in [2.45, 2.75) is 36.1 Å². The fourth-order valence-electron chi connectivity index (χ4n) is 5.27. The number of nitrogens with one attached hydrogen (secondary N) is 1. The lowest BCUT2D eigenvalue weighted by atomic mass is 9.98. The number of allylic oxidation sites excluding steroid dienone is 1. The molecule has 5 rings (SSSR count). The summed E-state index contributed by atoms with van der Waals surface area (Å²) in [5.41, 5.74) is 1.39. The molecular formula is C34H32N2O8S. The number of carbonyl (C=O) groups is 4. The second-order valence-corrected chi connectivity index (χ2v) is 12.1. The summed E-state index contributed by atoms with van der Waals surface area (Å²) >= 11 is 0. The molecule has 4 atom stereocenters. The molecule has 2 aliphatic rings. The molecule has 0 aromatic heterocycles. The van der Waals surface area contributed by atoms with Gasteiger partial charge in [-0.05, 0) is 29.7 Å². The first-order chi connectivity index (χ1) is 21.8. The Hall–Kier alpha value is -5.03. The maximum Gasteiger partial charge on any atom is 0.356 e. The molecule has 0 bridgehead atoms. The third kappa shape index (κ3) is 6.88. The average Bonchev–Trinajstić information content (AvgIpc) is 3.06. The van der Waals surface area contributed by atoms with Gasteiger partial charge in [-0.25, -0.2) is 4.79 Å². The Morgan fingerprint density at radius 3 is 2.09 bits per heavy atom. The van der Waals surface area contributed by atoms with Gasteiger partial charge in [-0.1, -0.05) is 84.9 Å². The molecule has 11 heteroatoms. The first kappa shape index (κ1) is 31.4. The minimum absolute atomic E-state index is 0.150. The number of β-lactam (4-membered cyclic amide) rings is 1. The van der Waals surface area contributed by atoms with Crippen LogP contribution in [0, 0.1) is 0 Å². The van der Waals surface area contributed by atoms with Crippen molar-refractivity contribution in [3.05, 3.63) is 126 Å². The van der Waals surface area contributed by atoms with E-state index in [1.54, 1.807) is 30.3 Å². The van der Waals surface area contributed by atoms with E-state index in [9.17, 15) is 23.4 Å². The summed E-state index contributed by atoms with van der Waals surface area (Å²) in [4.78, 5) is 53.4. The number of para-hydroxylation sites is 1. The van der Waals surface area contributed by atoms with Crippen LogP contribution in [0.3, 0.4) is 0 Å². The van der Waals surface area contributed by atoms with Crippen LogP contribution >= 0.6 is 0 Å². The number of ether oxygens (including phenoxy) is 3. The predicted octanol–water partition coefficient (Wildman–Crippen LogP) is 3.58. The number of carbonyl (C=O) groups excluding carboxylic acids is 4. The van der Waals surface area contributed by atoms with E-state index in [4.69, 9.17) is 14.2 Å². The van der Waals surface area contributed by atoms with Crippen LogP contribution in [0.1, 0.15) is 30.6 Å². The van der Waals surface area contributed by atoms with Gasteiger partial charge >= 0.3 is 11.9 Å². The molecule has 2 aliphatic heterocycles. The monoisotopic (exact) mass is 628 g/mol. The van der Waals surface area contributed by atoms with Crippen LogP contribution in [0.25, 0.3) is 0 Å². The molecule has 0 aliphatic carbocycles. The van der Waals surface area contributed by atoms with E-state index in [2.05, 4.69) is 11.9 Å². The highest BCUT2D eigenvalue weighted by Gasteiger charge is 2.60. The van der Waals surface area contributed by atoms with E-state index >= 15 is 0 Å². The largest absolute Gasteiger partial charge is 0.484 e. The Morgan fingerprint density at radius 2 is 1.53 bits per heavy atom. The molecule has 2 heterocycles. The SMILES string of the molecule is C=CCC1C(COC(C)=O)=C(C(=O)OC(c2ccccc2)c2ccccc2)N2C(=O)[C@@H](NC(=O)COc3ccccc3)[C@H]2S1=O. The number of benzene rings is 3. The van der Waals surface area contributed by atoms with Crippen molar-refractivity contribution in [1.82, 2.24) is 10.2 Å². The molecule has 232 valence electrons. The quantitative estimate of drug-likeness (QED) is 0.183. The van der Waals surface area contributed by atoms with Crippen molar-refractivity contribution < 1.29 is 37.6 Å². The van der Waals surface area contributed by atoms with Crippen molar-refractivity contribution in [2.75, 3.05) is 13.2 Å². The summed E-state index contributed by atoms with van der Waals surface area (Å²) in [6, 6.07) is 25.7. The Bertz CT molecular complexity index is 1590. The van der Waals surface area contributed by atoms with E-state index < -0.39 is 57.3 Å². The lowest BCUT2D eigenvalue weighted by molar-refractivity contribution is -0.155. The van der Waals surface area contributed by atoms with Gasteiger partial charge in [0.25, 0.3) is 11.8 Å². The number of hydrogen-bond acceptors (Lipinski definition) is 8. The van der Waals surface area contributed by atoms with Crippen molar-refractivity contribution >= 4 is 34.6 Å². The van der Waals surface area contributed by atoms with Crippen molar-refractivity contribution in [2.24, 2.45) is 0 Å². The number of esters is 2. The second-order valence-electron chi connectivity index (χ2n) is 10.3. The number of amides is 2. The Balaban J connectivity index is 1.47. The van der Waals surface area contributed by atoms with Crippen LogP contribution in [-0.2, 0) is 39.5 Å². The van der Waals surface area contributed by atoms with E-state index in [-0.39, 0.29) is 30.9 Å². The molecule has 2 amide bonds. The lowest BCUT2D eigenvalue weighted by Gasteiger charge is -2.51. The Labute approximate surface area is 263 Å². The topological polar surface area (TPSA) is 128 Å². The van der Waals surface area contributed by atoms with E-state index in [1.807, 2.05) is 60.7 Å². The molecule has 2 unspecified atom stereocenters. The zero-order chi connectivity index (χ0) is 31.9. The minimum atomic E-state index is -1.82. The van der Waals surface area contributed by atoms with Gasteiger partial charge in [0.05, 0.1) is 16.0 Å². The summed E-state index contributed by atoms with van der Waals surface area (Å²) in [5, 5.41) is 0.699. The van der Waals surface area contributed by atoms with E-state index in [0.29, 0.717) is 16.9 Å². The molecule has 1 N–H and O–H groups in total. The highest BCUT2D eigenvalue weighted by molar-refractivity contribution is 7.86. The molecule has 3 aromatic rings. The normalized spacial score (nSPS) is 20.5. The van der Waals surface area contributed by atoms with Crippen LogP contribution in [0.2, 0.25) is 0 Å². The molecule has 1 fully saturated rings. The summed E-state index contributed by atoms with van der Waals surface area (Å²) < 4.78 is 30.8. The number of rotatable bonds is 12. The molecule has 0 radical (unpaired) electrons. The van der Waals surface area contributed by atoms with Gasteiger partial charge in [-0.2, -0.15) is 0 Å². The maximum absolute atomic E-state index is 14.1. The average molecular weight is 629 g/mol. The highest BCUT2D eigenvalue weighted by atomic mass is 32.2. The first-order valence-corrected chi connectivity index (χ1v) is 15.6. The van der Waals surface area contributed by atoms with Crippen LogP contribution in [0.4, 0.5) is 0 Å². The molecule has 3 aromatic carbocycles. The Morgan fingerprint density at radius 1 is 0.956 bits per heavy atom. The standard InChI is InChI=1S/C34H32N2O8S/c1-3-13-27-26(20-42-22(2)37)30(34(40)44-31(23-14-7-4-8-15-23)24-16-9-5-10-17-24)36-32(39)29(33(36)45(27)41)35-28(38)21-43-25-18-11-6-12-19-25/h3-12,14-19,27,29,31,33H,1,13,20-21H2,2H3,(H,35,38)/t27?,29-,33-,45?/m1/s1. The van der Waals surface area contributed by atoms with Crippen LogP contribution in [-0.4, -0.2) is 62.7 Å². The number of nitrogens with zero attached hydrogens (tertiary/aromatic N) is 1. The summed E-state index contributed by atoms with van der Waals surface area (Å²) in [6.45, 7) is 4.22. The van der Waals surface area contributed by atoms with Gasteiger partial charge in [-0.3, -0.25) is 23.5 Å². The zero-order valence-electron chi connectivity index (χ0n) is 24.5. The third-order valence-electron chi connectivity index (χ3n) is 7.36. The van der Waals surface area contributed by atoms with E-state index in [1.165, 1.54) is 13.0 Å². The summed E-state index contributed by atoms with van der Waals surface area (Å²) in [5.74, 6) is -2.26. The molecule has 0 saturated carbocycles. The fourth-order valence-corrected chi connectivity index (χ4v) is 7.27. The van der Waals surface area contributed by atoms with Gasteiger partial charge in [0.15, 0.2) is 12.7 Å². The molecule has 0 spiro atoms. The van der Waals surface area contributed by atoms with Crippen molar-refractivity contribution in [3.8, 4) is 5.75 Å². The molecule has 45 heavy (non-hydrogen) atoms. The molecule has 1 saturated heterocycles. The first-order valence-electron chi connectivity index (χ1n) is 14.3. The van der Waals surface area contributed by atoms with E-state index in [0.717, 1.165) is 4.90 Å². The minimum Gasteiger partial charge on any atom is -0.484 e. The number of hydrogen-bond donors (Lipinski definition) is 1. The predicted molar refractivity (Wildman–Crippen MR) is 166 cm³/mol. The van der Waals surface area contributed by atoms with Crippen molar-refractivity contribution in [3.63, 3.8) is 0 Å². The number of fused-ring (bicyclic) bond motifs is 1. The summed E-state index contributed by atoms with van der Waals surface area (Å²) in [6.07, 6.45) is 0.845. The van der Waals surface area contributed by atoms with Gasteiger partial charge in [0.2, 0.25) is 0 Å². The highest BCUT2D eigenvalue weighted by Crippen LogP contribution is 2.41. The van der Waals surface area contributed by atoms with Crippen LogP contribution in [0.5, 0.6) is 5.75 Å². The van der Waals surface area contributed by atoms with Crippen LogP contribution in [0.15, 0.2) is 115 Å². The maximum atomic E-state index is 14.1. The smallest absolute Gasteiger partial charge is 0.356 e. The summed E-state index contributed by atoms with van der Waals surface area (Å²) in [7, 11) is -1.82. The van der Waals surface area contributed by atoms with Crippen molar-refractivity contribution in [1.29, 1.82) is 0 Å². The molecular weight excluding hydrogens is 596 g/mol. The second kappa shape index (κ2) is 14.2. The van der Waals surface area contributed by atoms with Gasteiger partial charge in [-0.15, -0.1) is 6.58 Å². The third-order valence-corrected chi connectivity index (χ3v) is 9.36. The van der Waals surface area contributed by atoms with Crippen LogP contribution < -0.4 is 10.1 Å². The fraction of sp³-hybridized carbons (Fsp3) is 0.235. The van der Waals surface area contributed by atoms with Gasteiger partial charge in [0, 0.05) is 12.5 Å².